The molecular weight excluding hydrogens is 492 g/mol. The van der Waals surface area contributed by atoms with Crippen molar-refractivity contribution < 1.29 is 14.3 Å². The summed E-state index contributed by atoms with van der Waals surface area (Å²) in [5.74, 6) is 1.14. The number of methoxy groups -OCH3 is 1. The Kier molecular flexibility index (Phi) is 7.61. The standard InChI is InChI=1S/C32H28N2O3S/c1-22-11-7-9-15-26(22)33-32-34(27-16-10-8-12-23(27)2)31(35)30(38-32)20-25-17-18-28(29(19-25)36-3)37-21-24-13-5-4-6-14-24/h4-20H,21H2,1-3H3/b30-20+,33-32?. The average molecular weight is 521 g/mol. The molecule has 5 nitrogen and oxygen atoms in total. The molecule has 0 saturated carbocycles. The van der Waals surface area contributed by atoms with Gasteiger partial charge in [-0.1, -0.05) is 72.8 Å². The molecule has 0 aromatic heterocycles. The van der Waals surface area contributed by atoms with Crippen LogP contribution in [0.3, 0.4) is 0 Å². The molecule has 1 fully saturated rings. The predicted molar refractivity (Wildman–Crippen MR) is 156 cm³/mol. The number of hydrogen-bond donors (Lipinski definition) is 0. The summed E-state index contributed by atoms with van der Waals surface area (Å²) in [5, 5.41) is 0.625. The van der Waals surface area contributed by atoms with Crippen LogP contribution in [-0.2, 0) is 11.4 Å². The van der Waals surface area contributed by atoms with Crippen molar-refractivity contribution in [2.45, 2.75) is 20.5 Å². The van der Waals surface area contributed by atoms with Crippen LogP contribution in [0, 0.1) is 13.8 Å². The zero-order valence-electron chi connectivity index (χ0n) is 21.5. The second-order valence-corrected chi connectivity index (χ2v) is 9.91. The number of anilines is 1. The van der Waals surface area contributed by atoms with E-state index in [1.165, 1.54) is 11.8 Å². The largest absolute Gasteiger partial charge is 0.493 e. The normalized spacial score (nSPS) is 15.3. The van der Waals surface area contributed by atoms with Crippen molar-refractivity contribution >= 4 is 40.3 Å². The molecule has 0 bridgehead atoms. The van der Waals surface area contributed by atoms with Crippen molar-refractivity contribution in [3.05, 3.63) is 124 Å². The Bertz CT molecular complexity index is 1530. The number of thioether (sulfide) groups is 1. The molecule has 4 aromatic carbocycles. The van der Waals surface area contributed by atoms with E-state index >= 15 is 0 Å². The molecule has 1 aliphatic heterocycles. The SMILES string of the molecule is COc1cc(/C=C2/SC(=Nc3ccccc3C)N(c3ccccc3C)C2=O)ccc1OCc1ccccc1. The van der Waals surface area contributed by atoms with E-state index in [0.717, 1.165) is 33.6 Å². The fourth-order valence-electron chi connectivity index (χ4n) is 4.15. The third-order valence-corrected chi connectivity index (χ3v) is 7.19. The number of carbonyl (C=O) groups is 1. The molecule has 4 aromatic rings. The number of benzene rings is 4. The van der Waals surface area contributed by atoms with Gasteiger partial charge in [0.05, 0.1) is 23.4 Å². The summed E-state index contributed by atoms with van der Waals surface area (Å²) < 4.78 is 11.6. The summed E-state index contributed by atoms with van der Waals surface area (Å²) in [7, 11) is 1.62. The van der Waals surface area contributed by atoms with Crippen molar-refractivity contribution in [1.29, 1.82) is 0 Å². The van der Waals surface area contributed by atoms with Crippen LogP contribution in [0.2, 0.25) is 0 Å². The Morgan fingerprint density at radius 3 is 2.29 bits per heavy atom. The van der Waals surface area contributed by atoms with Gasteiger partial charge >= 0.3 is 0 Å². The smallest absolute Gasteiger partial charge is 0.271 e. The van der Waals surface area contributed by atoms with Crippen molar-refractivity contribution in [2.75, 3.05) is 12.0 Å². The van der Waals surface area contributed by atoms with Crippen LogP contribution in [0.1, 0.15) is 22.3 Å². The van der Waals surface area contributed by atoms with E-state index in [4.69, 9.17) is 14.5 Å². The van der Waals surface area contributed by atoms with Gasteiger partial charge < -0.3 is 9.47 Å². The second-order valence-electron chi connectivity index (χ2n) is 8.90. The molecule has 0 aliphatic carbocycles. The first-order valence-electron chi connectivity index (χ1n) is 12.3. The molecule has 0 atom stereocenters. The number of amides is 1. The van der Waals surface area contributed by atoms with Gasteiger partial charge in [-0.15, -0.1) is 0 Å². The molecule has 38 heavy (non-hydrogen) atoms. The van der Waals surface area contributed by atoms with E-state index in [9.17, 15) is 4.79 Å². The Labute approximate surface area is 227 Å². The first kappa shape index (κ1) is 25.4. The predicted octanol–water partition coefficient (Wildman–Crippen LogP) is 7.70. The lowest BCUT2D eigenvalue weighted by Crippen LogP contribution is -2.29. The molecule has 0 radical (unpaired) electrons. The van der Waals surface area contributed by atoms with E-state index in [1.54, 1.807) is 12.0 Å². The number of nitrogens with zero attached hydrogens (tertiary/aromatic N) is 2. The molecule has 1 amide bonds. The average Bonchev–Trinajstić information content (AvgIpc) is 3.23. The van der Waals surface area contributed by atoms with Crippen LogP contribution in [0.4, 0.5) is 11.4 Å². The number of ether oxygens (including phenoxy) is 2. The second kappa shape index (κ2) is 11.4. The van der Waals surface area contributed by atoms with Gasteiger partial charge in [0.1, 0.15) is 6.61 Å². The fraction of sp³-hybridized carbons (Fsp3) is 0.125. The third-order valence-electron chi connectivity index (χ3n) is 6.22. The quantitative estimate of drug-likeness (QED) is 0.234. The van der Waals surface area contributed by atoms with Gasteiger partial charge in [0.25, 0.3) is 5.91 Å². The zero-order valence-corrected chi connectivity index (χ0v) is 22.4. The van der Waals surface area contributed by atoms with Gasteiger partial charge in [-0.25, -0.2) is 4.99 Å². The van der Waals surface area contributed by atoms with E-state index in [1.807, 2.05) is 117 Å². The molecule has 5 rings (SSSR count). The lowest BCUT2D eigenvalue weighted by molar-refractivity contribution is -0.113. The van der Waals surface area contributed by atoms with Gasteiger partial charge in [0.15, 0.2) is 16.7 Å². The molecule has 6 heteroatoms. The number of aryl methyl sites for hydroxylation is 2. The maximum Gasteiger partial charge on any atom is 0.271 e. The highest BCUT2D eigenvalue weighted by molar-refractivity contribution is 8.19. The lowest BCUT2D eigenvalue weighted by atomic mass is 10.1. The van der Waals surface area contributed by atoms with Gasteiger partial charge in [-0.05, 0) is 78.2 Å². The van der Waals surface area contributed by atoms with E-state index in [0.29, 0.717) is 28.2 Å². The van der Waals surface area contributed by atoms with Crippen LogP contribution in [0.5, 0.6) is 11.5 Å². The number of para-hydroxylation sites is 2. The Balaban J connectivity index is 1.47. The minimum Gasteiger partial charge on any atom is -0.493 e. The van der Waals surface area contributed by atoms with Crippen molar-refractivity contribution in [3.8, 4) is 11.5 Å². The van der Waals surface area contributed by atoms with E-state index < -0.39 is 0 Å². The number of rotatable bonds is 7. The highest BCUT2D eigenvalue weighted by Crippen LogP contribution is 2.39. The maximum absolute atomic E-state index is 13.7. The van der Waals surface area contributed by atoms with Crippen LogP contribution in [-0.4, -0.2) is 18.2 Å². The summed E-state index contributed by atoms with van der Waals surface area (Å²) >= 11 is 1.37. The first-order chi connectivity index (χ1) is 18.5. The molecule has 1 saturated heterocycles. The number of carbonyl (C=O) groups excluding carboxylic acids is 1. The molecule has 190 valence electrons. The van der Waals surface area contributed by atoms with E-state index in [-0.39, 0.29) is 5.91 Å². The first-order valence-corrected chi connectivity index (χ1v) is 13.1. The molecule has 0 spiro atoms. The topological polar surface area (TPSA) is 51.1 Å². The summed E-state index contributed by atoms with van der Waals surface area (Å²) in [6.07, 6.45) is 1.88. The van der Waals surface area contributed by atoms with Crippen LogP contribution >= 0.6 is 11.8 Å². The minimum absolute atomic E-state index is 0.111. The Morgan fingerprint density at radius 1 is 0.842 bits per heavy atom. The van der Waals surface area contributed by atoms with E-state index in [2.05, 4.69) is 0 Å². The van der Waals surface area contributed by atoms with Gasteiger partial charge in [-0.2, -0.15) is 0 Å². The lowest BCUT2D eigenvalue weighted by Gasteiger charge is -2.18. The molecule has 1 heterocycles. The van der Waals surface area contributed by atoms with Crippen LogP contribution < -0.4 is 14.4 Å². The molecule has 0 unspecified atom stereocenters. The Hall–Kier alpha value is -4.29. The zero-order chi connectivity index (χ0) is 26.5. The fourth-order valence-corrected chi connectivity index (χ4v) is 5.13. The minimum atomic E-state index is -0.111. The number of amidine groups is 1. The third kappa shape index (κ3) is 5.50. The van der Waals surface area contributed by atoms with Crippen LogP contribution in [0.15, 0.2) is 107 Å². The van der Waals surface area contributed by atoms with Crippen LogP contribution in [0.25, 0.3) is 6.08 Å². The van der Waals surface area contributed by atoms with Gasteiger partial charge in [0.2, 0.25) is 0 Å². The van der Waals surface area contributed by atoms with Gasteiger partial charge in [-0.3, -0.25) is 9.69 Å². The van der Waals surface area contributed by atoms with Gasteiger partial charge in [0, 0.05) is 0 Å². The highest BCUT2D eigenvalue weighted by Gasteiger charge is 2.35. The Morgan fingerprint density at radius 2 is 1.55 bits per heavy atom. The molecule has 1 aliphatic rings. The molecular formula is C32H28N2O3S. The summed E-state index contributed by atoms with van der Waals surface area (Å²) in [4.78, 5) is 20.9. The number of hydrogen-bond acceptors (Lipinski definition) is 5. The van der Waals surface area contributed by atoms with Crippen molar-refractivity contribution in [3.63, 3.8) is 0 Å². The van der Waals surface area contributed by atoms with Crippen molar-refractivity contribution in [2.24, 2.45) is 4.99 Å². The van der Waals surface area contributed by atoms with Crippen molar-refractivity contribution in [1.82, 2.24) is 0 Å². The monoisotopic (exact) mass is 520 g/mol. The highest BCUT2D eigenvalue weighted by atomic mass is 32.2. The summed E-state index contributed by atoms with van der Waals surface area (Å²) in [5.41, 5.74) is 5.62. The summed E-state index contributed by atoms with van der Waals surface area (Å²) in [6, 6.07) is 31.4. The summed E-state index contributed by atoms with van der Waals surface area (Å²) in [6.45, 7) is 4.46. The number of aliphatic imine (C=N–C) groups is 1. The molecule has 0 N–H and O–H groups in total. The maximum atomic E-state index is 13.7.